The third-order valence-corrected chi connectivity index (χ3v) is 5.41. The van der Waals surface area contributed by atoms with Gasteiger partial charge in [0.05, 0.1) is 4.90 Å². The zero-order valence-corrected chi connectivity index (χ0v) is 17.9. The van der Waals surface area contributed by atoms with Gasteiger partial charge in [-0.2, -0.15) is 0 Å². The summed E-state index contributed by atoms with van der Waals surface area (Å²) in [4.78, 5) is 46.5. The molecule has 0 unspecified atom stereocenters. The van der Waals surface area contributed by atoms with Crippen LogP contribution in [0.25, 0.3) is 0 Å². The van der Waals surface area contributed by atoms with Crippen LogP contribution in [-0.4, -0.2) is 31.9 Å². The number of carbonyl (C=O) groups excluding carboxylic acids is 4. The number of nitrogens with one attached hydrogen (secondary N) is 3. The summed E-state index contributed by atoms with van der Waals surface area (Å²) in [5.74, 6) is -1.89. The number of anilines is 2. The molecule has 9 nitrogen and oxygen atoms in total. The van der Waals surface area contributed by atoms with Crippen molar-refractivity contribution in [2.24, 2.45) is 0 Å². The summed E-state index contributed by atoms with van der Waals surface area (Å²) < 4.78 is 25.7. The van der Waals surface area contributed by atoms with Crippen molar-refractivity contribution in [3.63, 3.8) is 0 Å². The van der Waals surface area contributed by atoms with E-state index in [1.165, 1.54) is 38.1 Å². The van der Waals surface area contributed by atoms with Gasteiger partial charge >= 0.3 is 0 Å². The van der Waals surface area contributed by atoms with E-state index < -0.39 is 27.7 Å². The Labute approximate surface area is 179 Å². The Morgan fingerprint density at radius 2 is 1.29 bits per heavy atom. The van der Waals surface area contributed by atoms with Crippen LogP contribution in [0.4, 0.5) is 11.4 Å². The van der Waals surface area contributed by atoms with Crippen LogP contribution in [0.2, 0.25) is 0 Å². The third-order valence-electron chi connectivity index (χ3n) is 3.97. The van der Waals surface area contributed by atoms with Crippen LogP contribution in [0.1, 0.15) is 31.1 Å². The van der Waals surface area contributed by atoms with E-state index in [0.717, 1.165) is 13.0 Å². The first-order valence-electron chi connectivity index (χ1n) is 9.03. The summed E-state index contributed by atoms with van der Waals surface area (Å²) in [6.07, 6.45) is 1.11. The van der Waals surface area contributed by atoms with Gasteiger partial charge in [-0.15, -0.1) is 0 Å². The molecule has 0 aliphatic heterocycles. The van der Waals surface area contributed by atoms with E-state index in [1.807, 2.05) is 4.72 Å². The highest BCUT2D eigenvalue weighted by Gasteiger charge is 2.15. The molecule has 0 aliphatic carbocycles. The first kappa shape index (κ1) is 23.5. The fourth-order valence-corrected chi connectivity index (χ4v) is 3.41. The van der Waals surface area contributed by atoms with Gasteiger partial charge < -0.3 is 10.6 Å². The molecule has 0 radical (unpaired) electrons. The number of benzene rings is 2. The number of Topliss-reactive ketones (excluding diaryl/α,β-unsaturated/α-hetero) is 1. The first-order valence-corrected chi connectivity index (χ1v) is 10.5. The number of rotatable bonds is 7. The maximum atomic E-state index is 12.3. The number of amides is 3. The fourth-order valence-electron chi connectivity index (χ4n) is 2.42. The summed E-state index contributed by atoms with van der Waals surface area (Å²) >= 11 is 0. The fraction of sp³-hybridized carbons (Fsp3) is 0.143. The summed E-state index contributed by atoms with van der Waals surface area (Å²) in [5.41, 5.74) is 1.41. The van der Waals surface area contributed by atoms with Crippen molar-refractivity contribution in [3.8, 4) is 0 Å². The average molecular weight is 443 g/mol. The zero-order chi connectivity index (χ0) is 23.2. The lowest BCUT2D eigenvalue weighted by atomic mass is 10.1. The van der Waals surface area contributed by atoms with Crippen LogP contribution in [0.15, 0.2) is 65.1 Å². The molecule has 10 heteroatoms. The van der Waals surface area contributed by atoms with Gasteiger partial charge in [-0.25, -0.2) is 13.1 Å². The van der Waals surface area contributed by atoms with Crippen molar-refractivity contribution in [2.75, 3.05) is 10.6 Å². The van der Waals surface area contributed by atoms with Gasteiger partial charge in [0.2, 0.25) is 11.8 Å². The molecule has 0 fully saturated rings. The molecule has 2 rings (SSSR count). The Morgan fingerprint density at radius 1 is 0.774 bits per heavy atom. The average Bonchev–Trinajstić information content (AvgIpc) is 2.67. The molecule has 0 bridgehead atoms. The number of ketones is 1. The topological polar surface area (TPSA) is 139 Å². The quantitative estimate of drug-likeness (QED) is 0.443. The molecule has 3 amide bonds. The van der Waals surface area contributed by atoms with Crippen LogP contribution >= 0.6 is 0 Å². The molecule has 0 aromatic heterocycles. The molecule has 162 valence electrons. The van der Waals surface area contributed by atoms with Crippen LogP contribution in [-0.2, 0) is 24.4 Å². The van der Waals surface area contributed by atoms with Gasteiger partial charge in [0.15, 0.2) is 5.78 Å². The summed E-state index contributed by atoms with van der Waals surface area (Å²) in [6.45, 7) is 3.97. The Balaban J connectivity index is 2.00. The van der Waals surface area contributed by atoms with Crippen LogP contribution in [0, 0.1) is 0 Å². The molecule has 2 aromatic rings. The lowest BCUT2D eigenvalue weighted by Crippen LogP contribution is -2.28. The number of carbonyl (C=O) groups is 4. The van der Waals surface area contributed by atoms with Crippen LogP contribution in [0.3, 0.4) is 0 Å². The molecule has 2 aromatic carbocycles. The second-order valence-corrected chi connectivity index (χ2v) is 8.27. The highest BCUT2D eigenvalue weighted by molar-refractivity contribution is 7.90. The lowest BCUT2D eigenvalue weighted by molar-refractivity contribution is -0.117. The monoisotopic (exact) mass is 443 g/mol. The predicted molar refractivity (Wildman–Crippen MR) is 115 cm³/mol. The molecule has 0 aliphatic rings. The van der Waals surface area contributed by atoms with E-state index in [0.29, 0.717) is 16.9 Å². The molecule has 0 atom stereocenters. The predicted octanol–water partition coefficient (Wildman–Crippen LogP) is 2.24. The minimum absolute atomic E-state index is 0.0916. The SMILES string of the molecule is CC(=O)NS(=O)(=O)c1ccc(NC(=O)/C(C)=C\C(=O)Nc2ccc(C(C)=O)cc2)cc1. The van der Waals surface area contributed by atoms with Gasteiger partial charge in [-0.1, -0.05) is 0 Å². The van der Waals surface area contributed by atoms with E-state index >= 15 is 0 Å². The van der Waals surface area contributed by atoms with Crippen molar-refractivity contribution in [1.82, 2.24) is 4.72 Å². The van der Waals surface area contributed by atoms with Gasteiger partial charge in [-0.05, 0) is 62.4 Å². The Hall–Kier alpha value is -3.79. The molecule has 31 heavy (non-hydrogen) atoms. The van der Waals surface area contributed by atoms with E-state index in [9.17, 15) is 27.6 Å². The Bertz CT molecular complexity index is 1150. The van der Waals surface area contributed by atoms with Gasteiger partial charge in [0.1, 0.15) is 0 Å². The second kappa shape index (κ2) is 9.81. The molecular weight excluding hydrogens is 422 g/mol. The molecule has 0 heterocycles. The van der Waals surface area contributed by atoms with Gasteiger partial charge in [-0.3, -0.25) is 19.2 Å². The Kier molecular flexibility index (Phi) is 7.43. The summed E-state index contributed by atoms with van der Waals surface area (Å²) in [6, 6.07) is 11.5. The normalized spacial score (nSPS) is 11.4. The first-order chi connectivity index (χ1) is 14.5. The van der Waals surface area contributed by atoms with Gasteiger partial charge in [0, 0.05) is 35.5 Å². The van der Waals surface area contributed by atoms with Crippen molar-refractivity contribution in [3.05, 3.63) is 65.7 Å². The van der Waals surface area contributed by atoms with Crippen molar-refractivity contribution in [2.45, 2.75) is 25.7 Å². The molecular formula is C21H21N3O6S. The molecule has 0 saturated carbocycles. The smallest absolute Gasteiger partial charge is 0.264 e. The molecule has 0 saturated heterocycles. The minimum Gasteiger partial charge on any atom is -0.323 e. The maximum absolute atomic E-state index is 12.3. The van der Waals surface area contributed by atoms with Crippen LogP contribution in [0.5, 0.6) is 0 Å². The highest BCUT2D eigenvalue weighted by atomic mass is 32.2. The third kappa shape index (κ3) is 6.89. The van der Waals surface area contributed by atoms with Crippen LogP contribution < -0.4 is 15.4 Å². The highest BCUT2D eigenvalue weighted by Crippen LogP contribution is 2.15. The zero-order valence-electron chi connectivity index (χ0n) is 17.1. The number of hydrogen-bond acceptors (Lipinski definition) is 6. The number of hydrogen-bond donors (Lipinski definition) is 3. The van der Waals surface area contributed by atoms with Crippen molar-refractivity contribution in [1.29, 1.82) is 0 Å². The van der Waals surface area contributed by atoms with Crippen molar-refractivity contribution < 1.29 is 27.6 Å². The molecule has 3 N–H and O–H groups in total. The standard InChI is InChI=1S/C21H21N3O6S/c1-13(12-20(27)22-17-6-4-16(5-7-17)14(2)25)21(28)23-18-8-10-19(11-9-18)31(29,30)24-15(3)26/h4-12H,1-3H3,(H,22,27)(H,23,28)(H,24,26)/b13-12-. The van der Waals surface area contributed by atoms with E-state index in [2.05, 4.69) is 10.6 Å². The summed E-state index contributed by atoms with van der Waals surface area (Å²) in [7, 11) is -3.97. The minimum atomic E-state index is -3.97. The van der Waals surface area contributed by atoms with Crippen molar-refractivity contribution >= 4 is 44.9 Å². The number of sulfonamides is 1. The van der Waals surface area contributed by atoms with Gasteiger partial charge in [0.25, 0.3) is 15.9 Å². The Morgan fingerprint density at radius 3 is 1.81 bits per heavy atom. The van der Waals surface area contributed by atoms with E-state index in [1.54, 1.807) is 24.3 Å². The van der Waals surface area contributed by atoms with E-state index in [-0.39, 0.29) is 16.3 Å². The summed E-state index contributed by atoms with van der Waals surface area (Å²) in [5, 5.41) is 5.13. The molecule has 0 spiro atoms. The second-order valence-electron chi connectivity index (χ2n) is 6.59. The lowest BCUT2D eigenvalue weighted by Gasteiger charge is -2.08. The maximum Gasteiger partial charge on any atom is 0.264 e. The largest absolute Gasteiger partial charge is 0.323 e. The van der Waals surface area contributed by atoms with E-state index in [4.69, 9.17) is 0 Å².